The molecular weight excluding hydrogens is 350 g/mol. The average Bonchev–Trinajstić information content (AvgIpc) is 2.96. The maximum Gasteiger partial charge on any atom is 0.225 e. The molecule has 0 amide bonds. The average molecular weight is 368 g/mol. The van der Waals surface area contributed by atoms with E-state index in [-0.39, 0.29) is 0 Å². The lowest BCUT2D eigenvalue weighted by molar-refractivity contribution is 0.192. The lowest BCUT2D eigenvalue weighted by Crippen LogP contribution is -2.49. The third-order valence-corrected chi connectivity index (χ3v) is 5.52. The van der Waals surface area contributed by atoms with Gasteiger partial charge < -0.3 is 10.6 Å². The second kappa shape index (κ2) is 6.83. The van der Waals surface area contributed by atoms with Crippen LogP contribution in [0.4, 0.5) is 5.95 Å². The third kappa shape index (κ3) is 3.42. The van der Waals surface area contributed by atoms with Crippen LogP contribution in [0.3, 0.4) is 0 Å². The van der Waals surface area contributed by atoms with Crippen LogP contribution in [-0.2, 0) is 0 Å². The normalized spacial score (nSPS) is 17.9. The fourth-order valence-corrected chi connectivity index (χ4v) is 4.23. The van der Waals surface area contributed by atoms with Gasteiger partial charge in [-0.1, -0.05) is 0 Å². The number of aromatic nitrogens is 2. The first-order valence-corrected chi connectivity index (χ1v) is 8.65. The minimum atomic E-state index is 0.306. The van der Waals surface area contributed by atoms with Gasteiger partial charge >= 0.3 is 0 Å². The molecule has 0 aliphatic carbocycles. The van der Waals surface area contributed by atoms with Crippen molar-refractivity contribution in [1.29, 1.82) is 0 Å². The molecule has 7 heteroatoms. The summed E-state index contributed by atoms with van der Waals surface area (Å²) in [6.45, 7) is 4.49. The molecule has 0 aromatic carbocycles. The topological polar surface area (TPSA) is 58.3 Å². The summed E-state index contributed by atoms with van der Waals surface area (Å²) in [5.74, 6) is 0.820. The molecule has 112 valence electrons. The van der Waals surface area contributed by atoms with E-state index in [0.29, 0.717) is 12.6 Å². The summed E-state index contributed by atoms with van der Waals surface area (Å²) in [6.07, 6.45) is 3.58. The van der Waals surface area contributed by atoms with Crippen LogP contribution in [0, 0.1) is 0 Å². The molecule has 0 bridgehead atoms. The number of halogens is 1. The van der Waals surface area contributed by atoms with Gasteiger partial charge in [-0.2, -0.15) is 0 Å². The Kier molecular flexibility index (Phi) is 4.84. The van der Waals surface area contributed by atoms with Crippen LogP contribution in [0.1, 0.15) is 10.9 Å². The molecule has 3 heterocycles. The van der Waals surface area contributed by atoms with Crippen LogP contribution in [0.25, 0.3) is 0 Å². The maximum absolute atomic E-state index is 6.00. The Bertz CT molecular complexity index is 568. The summed E-state index contributed by atoms with van der Waals surface area (Å²) >= 11 is 5.29. The number of piperazine rings is 1. The number of hydrogen-bond donors (Lipinski definition) is 1. The zero-order valence-electron chi connectivity index (χ0n) is 11.7. The quantitative estimate of drug-likeness (QED) is 0.896. The summed E-state index contributed by atoms with van der Waals surface area (Å²) in [4.78, 5) is 14.7. The van der Waals surface area contributed by atoms with E-state index in [1.807, 2.05) is 6.07 Å². The van der Waals surface area contributed by atoms with Crippen molar-refractivity contribution in [3.63, 3.8) is 0 Å². The molecule has 2 aromatic heterocycles. The van der Waals surface area contributed by atoms with Crippen molar-refractivity contribution >= 4 is 33.2 Å². The van der Waals surface area contributed by atoms with Crippen LogP contribution < -0.4 is 10.6 Å². The van der Waals surface area contributed by atoms with Crippen molar-refractivity contribution in [3.8, 4) is 0 Å². The molecule has 21 heavy (non-hydrogen) atoms. The van der Waals surface area contributed by atoms with Crippen molar-refractivity contribution in [1.82, 2.24) is 14.9 Å². The molecule has 1 fully saturated rings. The highest BCUT2D eigenvalue weighted by molar-refractivity contribution is 9.10. The van der Waals surface area contributed by atoms with Gasteiger partial charge in [0, 0.05) is 59.8 Å². The minimum Gasteiger partial charge on any atom is -0.338 e. The van der Waals surface area contributed by atoms with Gasteiger partial charge in [-0.15, -0.1) is 11.3 Å². The number of anilines is 1. The first kappa shape index (κ1) is 14.9. The number of thiophene rings is 1. The molecule has 0 radical (unpaired) electrons. The fraction of sp³-hybridized carbons (Fsp3) is 0.429. The molecule has 3 rings (SSSR count). The Morgan fingerprint density at radius 1 is 1.24 bits per heavy atom. The summed E-state index contributed by atoms with van der Waals surface area (Å²) in [6, 6.07) is 4.33. The van der Waals surface area contributed by atoms with Gasteiger partial charge in [0.05, 0.1) is 6.04 Å². The van der Waals surface area contributed by atoms with E-state index in [1.165, 1.54) is 4.88 Å². The van der Waals surface area contributed by atoms with Gasteiger partial charge in [-0.05, 0) is 28.1 Å². The zero-order valence-corrected chi connectivity index (χ0v) is 14.1. The fourth-order valence-electron chi connectivity index (χ4n) is 2.64. The van der Waals surface area contributed by atoms with E-state index in [1.54, 1.807) is 23.7 Å². The molecule has 1 aliphatic heterocycles. The summed E-state index contributed by atoms with van der Waals surface area (Å²) < 4.78 is 1.14. The SMILES string of the molecule is NCC(c1cc(Br)cs1)N1CCN(c2ncccn2)CC1. The van der Waals surface area contributed by atoms with Crippen molar-refractivity contribution in [2.45, 2.75) is 6.04 Å². The molecule has 2 aromatic rings. The van der Waals surface area contributed by atoms with Crippen LogP contribution in [0.2, 0.25) is 0 Å². The van der Waals surface area contributed by atoms with Gasteiger partial charge in [0.15, 0.2) is 0 Å². The number of nitrogens with zero attached hydrogens (tertiary/aromatic N) is 4. The van der Waals surface area contributed by atoms with E-state index >= 15 is 0 Å². The van der Waals surface area contributed by atoms with E-state index < -0.39 is 0 Å². The highest BCUT2D eigenvalue weighted by Crippen LogP contribution is 2.29. The van der Waals surface area contributed by atoms with Gasteiger partial charge in [0.25, 0.3) is 0 Å². The molecule has 5 nitrogen and oxygen atoms in total. The molecule has 2 N–H and O–H groups in total. The van der Waals surface area contributed by atoms with Gasteiger partial charge in [0.1, 0.15) is 0 Å². The predicted molar refractivity (Wildman–Crippen MR) is 89.6 cm³/mol. The lowest BCUT2D eigenvalue weighted by atomic mass is 10.1. The number of nitrogens with two attached hydrogens (primary N) is 1. The standard InChI is InChI=1S/C14H18BrN5S/c15-11-8-13(21-10-11)12(9-16)19-4-6-20(7-5-19)14-17-2-1-3-18-14/h1-3,8,10,12H,4-7,9,16H2. The van der Waals surface area contributed by atoms with Gasteiger partial charge in [-0.3, -0.25) is 4.90 Å². The lowest BCUT2D eigenvalue weighted by Gasteiger charge is -2.38. The molecule has 1 unspecified atom stereocenters. The largest absolute Gasteiger partial charge is 0.338 e. The van der Waals surface area contributed by atoms with Crippen LogP contribution in [0.15, 0.2) is 34.4 Å². The van der Waals surface area contributed by atoms with E-state index in [4.69, 9.17) is 5.73 Å². The van der Waals surface area contributed by atoms with Crippen molar-refractivity contribution in [3.05, 3.63) is 39.3 Å². The van der Waals surface area contributed by atoms with Crippen molar-refractivity contribution < 1.29 is 0 Å². The molecule has 1 saturated heterocycles. The third-order valence-electron chi connectivity index (χ3n) is 3.73. The summed E-state index contributed by atoms with van der Waals surface area (Å²) in [7, 11) is 0. The van der Waals surface area contributed by atoms with Crippen LogP contribution in [-0.4, -0.2) is 47.6 Å². The van der Waals surface area contributed by atoms with E-state index in [2.05, 4.69) is 47.1 Å². The highest BCUT2D eigenvalue weighted by Gasteiger charge is 2.25. The molecule has 0 spiro atoms. The smallest absolute Gasteiger partial charge is 0.225 e. The van der Waals surface area contributed by atoms with E-state index in [9.17, 15) is 0 Å². The summed E-state index contributed by atoms with van der Waals surface area (Å²) in [5, 5.41) is 2.12. The second-order valence-corrected chi connectivity index (χ2v) is 6.85. The monoisotopic (exact) mass is 367 g/mol. The van der Waals surface area contributed by atoms with Crippen molar-refractivity contribution in [2.24, 2.45) is 5.73 Å². The Morgan fingerprint density at radius 2 is 1.95 bits per heavy atom. The van der Waals surface area contributed by atoms with Crippen LogP contribution in [0.5, 0.6) is 0 Å². The zero-order chi connectivity index (χ0) is 14.7. The van der Waals surface area contributed by atoms with Crippen LogP contribution >= 0.6 is 27.3 Å². The first-order valence-electron chi connectivity index (χ1n) is 6.98. The first-order chi connectivity index (χ1) is 10.3. The highest BCUT2D eigenvalue weighted by atomic mass is 79.9. The van der Waals surface area contributed by atoms with Gasteiger partial charge in [0.2, 0.25) is 5.95 Å². The van der Waals surface area contributed by atoms with E-state index in [0.717, 1.165) is 36.6 Å². The predicted octanol–water partition coefficient (Wildman–Crippen LogP) is 2.12. The minimum absolute atomic E-state index is 0.306. The number of hydrogen-bond acceptors (Lipinski definition) is 6. The van der Waals surface area contributed by atoms with Gasteiger partial charge in [-0.25, -0.2) is 9.97 Å². The second-order valence-electron chi connectivity index (χ2n) is 4.99. The molecule has 1 atom stereocenters. The Labute approximate surface area is 136 Å². The summed E-state index contributed by atoms with van der Waals surface area (Å²) in [5.41, 5.74) is 6.00. The Morgan fingerprint density at radius 3 is 2.52 bits per heavy atom. The number of rotatable bonds is 4. The molecule has 0 saturated carbocycles. The van der Waals surface area contributed by atoms with Crippen molar-refractivity contribution in [2.75, 3.05) is 37.6 Å². The maximum atomic E-state index is 6.00. The molecule has 1 aliphatic rings. The molecular formula is C14H18BrN5S. The Hall–Kier alpha value is -1.02. The Balaban J connectivity index is 1.64.